The highest BCUT2D eigenvalue weighted by atomic mass is 19.1. The SMILES string of the molecule is CCOc1cc(C2C3=C(CCCC3=O)N(CCOC)C3=C2C(=O)CCC3)ccc1OCc1cccc(F)c1. The van der Waals surface area contributed by atoms with Gasteiger partial charge in [-0.15, -0.1) is 0 Å². The summed E-state index contributed by atoms with van der Waals surface area (Å²) in [5.74, 6) is 0.549. The average molecular weight is 520 g/mol. The van der Waals surface area contributed by atoms with E-state index < -0.39 is 5.92 Å². The molecule has 0 amide bonds. The highest BCUT2D eigenvalue weighted by Gasteiger charge is 2.43. The van der Waals surface area contributed by atoms with Crippen LogP contribution in [0, 0.1) is 5.82 Å². The minimum absolute atomic E-state index is 0.105. The lowest BCUT2D eigenvalue weighted by atomic mass is 9.71. The van der Waals surface area contributed by atoms with Gasteiger partial charge in [-0.3, -0.25) is 9.59 Å². The number of rotatable bonds is 9. The minimum atomic E-state index is -0.420. The number of ether oxygens (including phenoxy) is 3. The van der Waals surface area contributed by atoms with Crippen molar-refractivity contribution in [2.24, 2.45) is 0 Å². The van der Waals surface area contributed by atoms with Gasteiger partial charge in [-0.1, -0.05) is 18.2 Å². The van der Waals surface area contributed by atoms with Gasteiger partial charge in [0.05, 0.1) is 13.2 Å². The molecule has 0 radical (unpaired) electrons. The molecular weight excluding hydrogens is 485 g/mol. The van der Waals surface area contributed by atoms with Crippen molar-refractivity contribution in [1.29, 1.82) is 0 Å². The Morgan fingerprint density at radius 1 is 0.895 bits per heavy atom. The van der Waals surface area contributed by atoms with Crippen molar-refractivity contribution in [3.63, 3.8) is 0 Å². The summed E-state index contributed by atoms with van der Waals surface area (Å²) in [6.07, 6.45) is 4.19. The van der Waals surface area contributed by atoms with Gasteiger partial charge in [-0.25, -0.2) is 4.39 Å². The molecule has 2 aromatic carbocycles. The number of ketones is 2. The van der Waals surface area contributed by atoms with E-state index in [2.05, 4.69) is 4.90 Å². The fourth-order valence-electron chi connectivity index (χ4n) is 5.88. The van der Waals surface area contributed by atoms with Gasteiger partial charge in [-0.05, 0) is 68.0 Å². The van der Waals surface area contributed by atoms with E-state index in [1.54, 1.807) is 19.2 Å². The van der Waals surface area contributed by atoms with Crippen LogP contribution in [0.5, 0.6) is 11.5 Å². The van der Waals surface area contributed by atoms with E-state index >= 15 is 0 Å². The van der Waals surface area contributed by atoms with Crippen molar-refractivity contribution in [1.82, 2.24) is 4.90 Å². The van der Waals surface area contributed by atoms with Crippen LogP contribution in [0.2, 0.25) is 0 Å². The maximum Gasteiger partial charge on any atom is 0.161 e. The van der Waals surface area contributed by atoms with E-state index in [0.29, 0.717) is 49.7 Å². The molecule has 1 heterocycles. The average Bonchev–Trinajstić information content (AvgIpc) is 2.91. The molecule has 6 nitrogen and oxygen atoms in total. The number of allylic oxidation sites excluding steroid dienone is 4. The van der Waals surface area contributed by atoms with Crippen LogP contribution in [0.25, 0.3) is 0 Å². The molecule has 0 saturated carbocycles. The smallest absolute Gasteiger partial charge is 0.161 e. The number of carbonyl (C=O) groups is 2. The molecule has 0 N–H and O–H groups in total. The fraction of sp³-hybridized carbons (Fsp3) is 0.419. The van der Waals surface area contributed by atoms with E-state index in [4.69, 9.17) is 14.2 Å². The number of methoxy groups -OCH3 is 1. The first kappa shape index (κ1) is 26.2. The van der Waals surface area contributed by atoms with E-state index in [1.807, 2.05) is 25.1 Å². The van der Waals surface area contributed by atoms with Crippen LogP contribution in [-0.4, -0.2) is 43.3 Å². The van der Waals surface area contributed by atoms with Crippen LogP contribution in [-0.2, 0) is 20.9 Å². The fourth-order valence-corrected chi connectivity index (χ4v) is 5.88. The van der Waals surface area contributed by atoms with Crippen LogP contribution in [0.3, 0.4) is 0 Å². The number of benzene rings is 2. The van der Waals surface area contributed by atoms with Crippen molar-refractivity contribution in [2.75, 3.05) is 26.9 Å². The second-order valence-electron chi connectivity index (χ2n) is 9.91. The molecule has 0 atom stereocenters. The number of hydrogen-bond acceptors (Lipinski definition) is 6. The van der Waals surface area contributed by atoms with Crippen molar-refractivity contribution >= 4 is 11.6 Å². The molecule has 3 aliphatic rings. The molecule has 7 heteroatoms. The molecule has 0 aromatic heterocycles. The largest absolute Gasteiger partial charge is 0.490 e. The molecule has 0 spiro atoms. The number of carbonyl (C=O) groups excluding carboxylic acids is 2. The van der Waals surface area contributed by atoms with E-state index in [0.717, 1.165) is 53.8 Å². The first-order valence-electron chi connectivity index (χ1n) is 13.4. The van der Waals surface area contributed by atoms with Crippen LogP contribution < -0.4 is 9.47 Å². The van der Waals surface area contributed by atoms with Crippen molar-refractivity contribution in [3.05, 3.63) is 81.9 Å². The molecule has 0 bridgehead atoms. The zero-order valence-electron chi connectivity index (χ0n) is 22.1. The standard InChI is InChI=1S/C31H34FNO5/c1-3-37-28-18-21(13-14-27(28)38-19-20-7-4-8-22(32)17-20)29-30-23(9-5-11-25(30)34)33(15-16-36-2)24-10-6-12-26(35)31(24)29/h4,7-8,13-14,17-18,29H,3,5-6,9-12,15-16,19H2,1-2H3. The van der Waals surface area contributed by atoms with Crippen molar-refractivity contribution in [3.8, 4) is 11.5 Å². The van der Waals surface area contributed by atoms with Gasteiger partial charge in [0.15, 0.2) is 23.1 Å². The summed E-state index contributed by atoms with van der Waals surface area (Å²) in [5, 5.41) is 0. The summed E-state index contributed by atoms with van der Waals surface area (Å²) in [6, 6.07) is 12.0. The lowest BCUT2D eigenvalue weighted by Gasteiger charge is -2.44. The van der Waals surface area contributed by atoms with Gasteiger partial charge in [0.1, 0.15) is 12.4 Å². The van der Waals surface area contributed by atoms with Gasteiger partial charge in [0.2, 0.25) is 0 Å². The molecule has 0 unspecified atom stereocenters. The van der Waals surface area contributed by atoms with Gasteiger partial charge in [-0.2, -0.15) is 0 Å². The van der Waals surface area contributed by atoms with E-state index in [-0.39, 0.29) is 24.0 Å². The molecule has 38 heavy (non-hydrogen) atoms. The lowest BCUT2D eigenvalue weighted by molar-refractivity contribution is -0.117. The summed E-state index contributed by atoms with van der Waals surface area (Å²) in [5.41, 5.74) is 5.09. The quantitative estimate of drug-likeness (QED) is 0.413. The Morgan fingerprint density at radius 3 is 2.24 bits per heavy atom. The number of halogens is 1. The highest BCUT2D eigenvalue weighted by molar-refractivity contribution is 6.06. The topological polar surface area (TPSA) is 65.1 Å². The van der Waals surface area contributed by atoms with Crippen LogP contribution in [0.4, 0.5) is 4.39 Å². The summed E-state index contributed by atoms with van der Waals surface area (Å²) in [6.45, 7) is 3.66. The minimum Gasteiger partial charge on any atom is -0.490 e. The van der Waals surface area contributed by atoms with Crippen molar-refractivity contribution in [2.45, 2.75) is 58.0 Å². The third-order valence-electron chi connectivity index (χ3n) is 7.49. The first-order chi connectivity index (χ1) is 18.5. The number of hydrogen-bond donors (Lipinski definition) is 0. The van der Waals surface area contributed by atoms with Gasteiger partial charge in [0.25, 0.3) is 0 Å². The normalized spacial score (nSPS) is 18.0. The Labute approximate surface area is 223 Å². The summed E-state index contributed by atoms with van der Waals surface area (Å²) in [4.78, 5) is 29.1. The third kappa shape index (κ3) is 5.12. The summed E-state index contributed by atoms with van der Waals surface area (Å²) in [7, 11) is 1.67. The molecule has 200 valence electrons. The third-order valence-corrected chi connectivity index (χ3v) is 7.49. The summed E-state index contributed by atoms with van der Waals surface area (Å²) >= 11 is 0. The van der Waals surface area contributed by atoms with Crippen LogP contribution >= 0.6 is 0 Å². The van der Waals surface area contributed by atoms with Gasteiger partial charge < -0.3 is 19.1 Å². The second kappa shape index (κ2) is 11.5. The second-order valence-corrected chi connectivity index (χ2v) is 9.91. The van der Waals surface area contributed by atoms with Gasteiger partial charge in [0, 0.05) is 55.0 Å². The monoisotopic (exact) mass is 519 g/mol. The maximum absolute atomic E-state index is 13.6. The molecule has 0 fully saturated rings. The maximum atomic E-state index is 13.6. The van der Waals surface area contributed by atoms with Crippen LogP contribution in [0.15, 0.2) is 65.0 Å². The number of nitrogens with zero attached hydrogens (tertiary/aromatic N) is 1. The Kier molecular flexibility index (Phi) is 7.93. The highest BCUT2D eigenvalue weighted by Crippen LogP contribution is 2.50. The molecule has 1 aliphatic heterocycles. The first-order valence-corrected chi connectivity index (χ1v) is 13.4. The number of Topliss-reactive ketones (excluding diaryl/α,β-unsaturated/α-hetero) is 2. The zero-order chi connectivity index (χ0) is 26.6. The lowest BCUT2D eigenvalue weighted by Crippen LogP contribution is -2.40. The Hall–Kier alpha value is -3.45. The molecular formula is C31H34FNO5. The molecule has 2 aromatic rings. The van der Waals surface area contributed by atoms with Crippen molar-refractivity contribution < 1.29 is 28.2 Å². The van der Waals surface area contributed by atoms with E-state index in [9.17, 15) is 14.0 Å². The molecule has 2 aliphatic carbocycles. The Morgan fingerprint density at radius 2 is 1.61 bits per heavy atom. The predicted molar refractivity (Wildman–Crippen MR) is 141 cm³/mol. The summed E-state index contributed by atoms with van der Waals surface area (Å²) < 4.78 is 31.0. The van der Waals surface area contributed by atoms with E-state index in [1.165, 1.54) is 12.1 Å². The Balaban J connectivity index is 1.56. The zero-order valence-corrected chi connectivity index (χ0v) is 22.1. The van der Waals surface area contributed by atoms with Gasteiger partial charge >= 0.3 is 0 Å². The Bertz CT molecular complexity index is 1250. The molecule has 0 saturated heterocycles. The predicted octanol–water partition coefficient (Wildman–Crippen LogP) is 5.86. The molecule has 5 rings (SSSR count). The van der Waals surface area contributed by atoms with Crippen LogP contribution in [0.1, 0.15) is 62.5 Å².